The molecule has 1 aromatic carbocycles. The lowest BCUT2D eigenvalue weighted by Gasteiger charge is -2.31. The summed E-state index contributed by atoms with van der Waals surface area (Å²) in [5, 5.41) is 3.80. The Morgan fingerprint density at radius 3 is 2.52 bits per heavy atom. The normalized spacial score (nSPS) is 22.8. The van der Waals surface area contributed by atoms with E-state index in [1.165, 1.54) is 56.3 Å². The van der Waals surface area contributed by atoms with Gasteiger partial charge < -0.3 is 10.2 Å². The third kappa shape index (κ3) is 5.03. The average Bonchev–Trinajstić information content (AvgIpc) is 2.71. The molecule has 0 radical (unpaired) electrons. The fourth-order valence-electron chi connectivity index (χ4n) is 3.46. The Labute approximate surface area is 130 Å². The number of nitrogens with zero attached hydrogens (tertiary/aromatic N) is 1. The van der Waals surface area contributed by atoms with Gasteiger partial charge in [-0.05, 0) is 50.8 Å². The Balaban J connectivity index is 1.97. The van der Waals surface area contributed by atoms with Crippen LogP contribution in [-0.4, -0.2) is 26.2 Å². The molecule has 0 aliphatic heterocycles. The SMILES string of the molecule is CCCNC1CCCCCC1CN(C)c1ccc(C)cc1. The van der Waals surface area contributed by atoms with Crippen LogP contribution in [0.5, 0.6) is 0 Å². The smallest absolute Gasteiger partial charge is 0.0363 e. The molecule has 1 N–H and O–H groups in total. The minimum absolute atomic E-state index is 0.709. The Bertz CT molecular complexity index is 399. The summed E-state index contributed by atoms with van der Waals surface area (Å²) in [5.41, 5.74) is 2.68. The van der Waals surface area contributed by atoms with Gasteiger partial charge in [0.1, 0.15) is 0 Å². The fraction of sp³-hybridized carbons (Fsp3) is 0.684. The van der Waals surface area contributed by atoms with Crippen molar-refractivity contribution in [1.82, 2.24) is 5.32 Å². The maximum Gasteiger partial charge on any atom is 0.0363 e. The van der Waals surface area contributed by atoms with Gasteiger partial charge in [0.2, 0.25) is 0 Å². The van der Waals surface area contributed by atoms with Crippen LogP contribution in [-0.2, 0) is 0 Å². The molecule has 1 aliphatic carbocycles. The number of benzene rings is 1. The third-order valence-electron chi connectivity index (χ3n) is 4.80. The van der Waals surface area contributed by atoms with E-state index in [-0.39, 0.29) is 0 Å². The Morgan fingerprint density at radius 1 is 1.10 bits per heavy atom. The zero-order valence-corrected chi connectivity index (χ0v) is 14.1. The van der Waals surface area contributed by atoms with E-state index in [1.54, 1.807) is 0 Å². The lowest BCUT2D eigenvalue weighted by molar-refractivity contribution is 0.338. The molecule has 2 heteroatoms. The van der Waals surface area contributed by atoms with E-state index >= 15 is 0 Å². The fourth-order valence-corrected chi connectivity index (χ4v) is 3.46. The molecule has 0 bridgehead atoms. The first-order valence-electron chi connectivity index (χ1n) is 8.72. The number of hydrogen-bond acceptors (Lipinski definition) is 2. The van der Waals surface area contributed by atoms with Crippen molar-refractivity contribution in [2.45, 2.75) is 58.4 Å². The average molecular weight is 288 g/mol. The summed E-state index contributed by atoms with van der Waals surface area (Å²) < 4.78 is 0. The second-order valence-electron chi connectivity index (χ2n) is 6.67. The summed E-state index contributed by atoms with van der Waals surface area (Å²) in [6.07, 6.45) is 8.17. The van der Waals surface area contributed by atoms with Gasteiger partial charge in [-0.1, -0.05) is 43.9 Å². The van der Waals surface area contributed by atoms with Crippen molar-refractivity contribution < 1.29 is 0 Å². The number of hydrogen-bond donors (Lipinski definition) is 1. The highest BCUT2D eigenvalue weighted by molar-refractivity contribution is 5.46. The molecule has 0 spiro atoms. The van der Waals surface area contributed by atoms with Crippen molar-refractivity contribution in [3.8, 4) is 0 Å². The largest absolute Gasteiger partial charge is 0.374 e. The summed E-state index contributed by atoms with van der Waals surface area (Å²) in [7, 11) is 2.24. The topological polar surface area (TPSA) is 15.3 Å². The predicted octanol–water partition coefficient (Wildman–Crippen LogP) is 4.38. The molecule has 0 saturated heterocycles. The lowest BCUT2D eigenvalue weighted by Crippen LogP contribution is -2.41. The zero-order chi connectivity index (χ0) is 15.1. The maximum absolute atomic E-state index is 3.80. The molecule has 2 nitrogen and oxygen atoms in total. The molecule has 2 rings (SSSR count). The van der Waals surface area contributed by atoms with Gasteiger partial charge in [-0.25, -0.2) is 0 Å². The van der Waals surface area contributed by atoms with Crippen molar-refractivity contribution >= 4 is 5.69 Å². The lowest BCUT2D eigenvalue weighted by atomic mass is 9.93. The van der Waals surface area contributed by atoms with E-state index in [2.05, 4.69) is 55.4 Å². The minimum Gasteiger partial charge on any atom is -0.374 e. The van der Waals surface area contributed by atoms with Gasteiger partial charge >= 0.3 is 0 Å². The van der Waals surface area contributed by atoms with E-state index in [9.17, 15) is 0 Å². The summed E-state index contributed by atoms with van der Waals surface area (Å²) in [6.45, 7) is 6.75. The standard InChI is InChI=1S/C19H32N2/c1-4-14-20-19-9-7-5-6-8-17(19)15-21(3)18-12-10-16(2)11-13-18/h10-13,17,19-20H,4-9,14-15H2,1-3H3. The highest BCUT2D eigenvalue weighted by atomic mass is 15.1. The first-order valence-corrected chi connectivity index (χ1v) is 8.72. The summed E-state index contributed by atoms with van der Waals surface area (Å²) in [6, 6.07) is 9.64. The number of anilines is 1. The van der Waals surface area contributed by atoms with Crippen molar-refractivity contribution in [3.63, 3.8) is 0 Å². The van der Waals surface area contributed by atoms with Crippen LogP contribution in [0.25, 0.3) is 0 Å². The molecular weight excluding hydrogens is 256 g/mol. The summed E-state index contributed by atoms with van der Waals surface area (Å²) >= 11 is 0. The van der Waals surface area contributed by atoms with Gasteiger partial charge in [0.15, 0.2) is 0 Å². The second kappa shape index (κ2) is 8.43. The molecule has 0 heterocycles. The predicted molar refractivity (Wildman–Crippen MR) is 93.1 cm³/mol. The Morgan fingerprint density at radius 2 is 1.81 bits per heavy atom. The van der Waals surface area contributed by atoms with Crippen molar-refractivity contribution in [2.24, 2.45) is 5.92 Å². The highest BCUT2D eigenvalue weighted by Crippen LogP contribution is 2.26. The zero-order valence-electron chi connectivity index (χ0n) is 14.1. The minimum atomic E-state index is 0.709. The molecule has 1 fully saturated rings. The van der Waals surface area contributed by atoms with Crippen LogP contribution in [0.4, 0.5) is 5.69 Å². The second-order valence-corrected chi connectivity index (χ2v) is 6.67. The molecule has 1 aromatic rings. The molecular formula is C19H32N2. The Hall–Kier alpha value is -1.02. The molecule has 0 aromatic heterocycles. The van der Waals surface area contributed by atoms with Crippen LogP contribution in [0.2, 0.25) is 0 Å². The molecule has 2 atom stereocenters. The van der Waals surface area contributed by atoms with Crippen LogP contribution in [0, 0.1) is 12.8 Å². The number of nitrogens with one attached hydrogen (secondary N) is 1. The molecule has 1 aliphatic rings. The van der Waals surface area contributed by atoms with Gasteiger partial charge in [-0.2, -0.15) is 0 Å². The Kier molecular flexibility index (Phi) is 6.56. The van der Waals surface area contributed by atoms with E-state index in [4.69, 9.17) is 0 Å². The van der Waals surface area contributed by atoms with Gasteiger partial charge in [0.25, 0.3) is 0 Å². The number of rotatable bonds is 6. The van der Waals surface area contributed by atoms with Gasteiger partial charge in [-0.15, -0.1) is 0 Å². The van der Waals surface area contributed by atoms with E-state index < -0.39 is 0 Å². The van der Waals surface area contributed by atoms with Gasteiger partial charge in [0.05, 0.1) is 0 Å². The van der Waals surface area contributed by atoms with Crippen molar-refractivity contribution in [2.75, 3.05) is 25.0 Å². The molecule has 1 saturated carbocycles. The third-order valence-corrected chi connectivity index (χ3v) is 4.80. The summed E-state index contributed by atoms with van der Waals surface area (Å²) in [4.78, 5) is 2.44. The van der Waals surface area contributed by atoms with E-state index in [1.807, 2.05) is 0 Å². The van der Waals surface area contributed by atoms with Crippen LogP contribution < -0.4 is 10.2 Å². The van der Waals surface area contributed by atoms with Gasteiger partial charge in [0, 0.05) is 25.3 Å². The first-order chi connectivity index (χ1) is 10.2. The van der Waals surface area contributed by atoms with Crippen molar-refractivity contribution in [3.05, 3.63) is 29.8 Å². The molecule has 118 valence electrons. The van der Waals surface area contributed by atoms with Crippen LogP contribution >= 0.6 is 0 Å². The molecule has 0 amide bonds. The van der Waals surface area contributed by atoms with Gasteiger partial charge in [-0.3, -0.25) is 0 Å². The molecule has 21 heavy (non-hydrogen) atoms. The maximum atomic E-state index is 3.80. The van der Waals surface area contributed by atoms with E-state index in [0.29, 0.717) is 6.04 Å². The monoisotopic (exact) mass is 288 g/mol. The van der Waals surface area contributed by atoms with E-state index in [0.717, 1.165) is 12.5 Å². The van der Waals surface area contributed by atoms with Crippen molar-refractivity contribution in [1.29, 1.82) is 0 Å². The van der Waals surface area contributed by atoms with Crippen LogP contribution in [0.1, 0.15) is 51.0 Å². The van der Waals surface area contributed by atoms with Crippen LogP contribution in [0.3, 0.4) is 0 Å². The first kappa shape index (κ1) is 16.4. The summed E-state index contributed by atoms with van der Waals surface area (Å²) in [5.74, 6) is 0.783. The number of aryl methyl sites for hydroxylation is 1. The quantitative estimate of drug-likeness (QED) is 0.782. The highest BCUT2D eigenvalue weighted by Gasteiger charge is 2.24. The molecule has 2 unspecified atom stereocenters. The van der Waals surface area contributed by atoms with Crippen LogP contribution in [0.15, 0.2) is 24.3 Å².